The van der Waals surface area contributed by atoms with Gasteiger partial charge in [-0.1, -0.05) is 32.2 Å². The first-order valence-corrected chi connectivity index (χ1v) is 13.8. The fraction of sp³-hybridized carbons (Fsp3) is 1.00. The topological polar surface area (TPSA) is 0 Å². The molecule has 0 N–H and O–H groups in total. The highest BCUT2D eigenvalue weighted by atomic mass is 29.5. The smallest absolute Gasteiger partial charge is 0.00529 e. The van der Waals surface area contributed by atoms with Crippen LogP contribution in [-0.4, -0.2) is 27.4 Å². The van der Waals surface area contributed by atoms with E-state index in [0.29, 0.717) is 0 Å². The molecule has 0 aliphatic carbocycles. The Morgan fingerprint density at radius 1 is 1.25 bits per heavy atom. The van der Waals surface area contributed by atoms with Gasteiger partial charge in [-0.25, -0.2) is 0 Å². The summed E-state index contributed by atoms with van der Waals surface area (Å²) in [5, 5.41) is 0. The van der Waals surface area contributed by atoms with Crippen molar-refractivity contribution >= 4 is 27.4 Å². The molecule has 0 amide bonds. The van der Waals surface area contributed by atoms with Crippen LogP contribution in [0.5, 0.6) is 0 Å². The van der Waals surface area contributed by atoms with Crippen LogP contribution in [-0.2, 0) is 0 Å². The Hall–Kier alpha value is 0.651. The van der Waals surface area contributed by atoms with Gasteiger partial charge in [-0.3, -0.25) is 0 Å². The molecule has 0 aliphatic heterocycles. The summed E-state index contributed by atoms with van der Waals surface area (Å²) in [4.78, 5) is 0. The van der Waals surface area contributed by atoms with E-state index in [1.54, 1.807) is 32.0 Å². The first-order chi connectivity index (χ1) is 3.77. The van der Waals surface area contributed by atoms with Crippen LogP contribution in [0.15, 0.2) is 0 Å². The molecule has 0 rings (SSSR count). The third-order valence-electron chi connectivity index (χ3n) is 1.39. The Morgan fingerprint density at radius 2 is 1.88 bits per heavy atom. The molecule has 0 spiro atoms. The van der Waals surface area contributed by atoms with Crippen LogP contribution in [0.2, 0.25) is 6.04 Å². The van der Waals surface area contributed by atoms with Gasteiger partial charge in [0.05, 0.1) is 0 Å². The van der Waals surface area contributed by atoms with Gasteiger partial charge >= 0.3 is 0 Å². The van der Waals surface area contributed by atoms with E-state index >= 15 is 0 Å². The maximum absolute atomic E-state index is 2.29. The molecule has 0 fully saturated rings. The highest BCUT2D eigenvalue weighted by Gasteiger charge is 1.92. The second-order valence-corrected chi connectivity index (χ2v) is 25.0. The molecular weight excluding hydrogens is 144 g/mol. The van der Waals surface area contributed by atoms with Crippen molar-refractivity contribution in [3.63, 3.8) is 0 Å². The number of unbranched alkanes of at least 4 members (excludes halogenated alkanes) is 2. The third kappa shape index (κ3) is 6.65. The molecule has 0 bridgehead atoms. The Balaban J connectivity index is 2.72. The summed E-state index contributed by atoms with van der Waals surface area (Å²) in [7, 11) is 3.25. The molecule has 0 aromatic carbocycles. The van der Waals surface area contributed by atoms with Crippen molar-refractivity contribution in [1.29, 1.82) is 0 Å². The SMILES string of the molecule is CCCCC[SiH]([SiH3])[SiH3]. The van der Waals surface area contributed by atoms with E-state index in [1.165, 1.54) is 12.8 Å². The third-order valence-corrected chi connectivity index (χ3v) is 6.41. The van der Waals surface area contributed by atoms with Crippen LogP contribution in [0.1, 0.15) is 26.2 Å². The Labute approximate surface area is 60.1 Å². The van der Waals surface area contributed by atoms with Crippen LogP contribution in [0.25, 0.3) is 0 Å². The lowest BCUT2D eigenvalue weighted by molar-refractivity contribution is 0.769. The monoisotopic (exact) mass is 162 g/mol. The number of rotatable bonds is 4. The molecule has 0 saturated carbocycles. The van der Waals surface area contributed by atoms with Crippen molar-refractivity contribution in [2.75, 3.05) is 0 Å². The molecule has 0 aliphatic rings. The average Bonchev–Trinajstić information content (AvgIpc) is 1.66. The quantitative estimate of drug-likeness (QED) is 0.372. The molecule has 3 heteroatoms. The summed E-state index contributed by atoms with van der Waals surface area (Å²) in [6.07, 6.45) is 4.46. The van der Waals surface area contributed by atoms with Gasteiger partial charge in [-0.05, 0) is 19.5 Å². The van der Waals surface area contributed by atoms with Crippen LogP contribution in [0.3, 0.4) is 0 Å². The van der Waals surface area contributed by atoms with Crippen molar-refractivity contribution in [1.82, 2.24) is 0 Å². The van der Waals surface area contributed by atoms with Gasteiger partial charge in [-0.2, -0.15) is 0 Å². The van der Waals surface area contributed by atoms with E-state index in [0.717, 1.165) is 0 Å². The molecule has 0 heterocycles. The molecular formula is C5H18Si3. The first-order valence-electron chi connectivity index (χ1n) is 3.77. The zero-order chi connectivity index (χ0) is 6.41. The fourth-order valence-corrected chi connectivity index (χ4v) is 4.36. The number of hydrogen-bond acceptors (Lipinski definition) is 0. The normalized spacial score (nSPS) is 14.6. The van der Waals surface area contributed by atoms with E-state index in [-0.39, 0.29) is 7.83 Å². The maximum atomic E-state index is 2.29. The minimum Gasteiger partial charge on any atom is -0.0654 e. The first kappa shape index (κ1) is 8.65. The fourth-order valence-electron chi connectivity index (χ4n) is 0.803. The van der Waals surface area contributed by atoms with E-state index in [9.17, 15) is 0 Å². The second kappa shape index (κ2) is 5.78. The summed E-state index contributed by atoms with van der Waals surface area (Å²) < 4.78 is 0. The zero-order valence-electron chi connectivity index (χ0n) is 6.41. The van der Waals surface area contributed by atoms with Crippen molar-refractivity contribution in [3.8, 4) is 0 Å². The lowest BCUT2D eigenvalue weighted by Crippen LogP contribution is -2.11. The van der Waals surface area contributed by atoms with Gasteiger partial charge in [0.2, 0.25) is 0 Å². The van der Waals surface area contributed by atoms with Crippen LogP contribution >= 0.6 is 0 Å². The van der Waals surface area contributed by atoms with Gasteiger partial charge in [0.1, 0.15) is 0 Å². The maximum Gasteiger partial charge on any atom is 0.00529 e. The highest BCUT2D eigenvalue weighted by molar-refractivity contribution is 7.29. The lowest BCUT2D eigenvalue weighted by Gasteiger charge is -1.98. The molecule has 0 unspecified atom stereocenters. The average molecular weight is 162 g/mol. The molecule has 0 nitrogen and oxygen atoms in total. The van der Waals surface area contributed by atoms with E-state index < -0.39 is 0 Å². The van der Waals surface area contributed by atoms with Crippen molar-refractivity contribution in [2.24, 2.45) is 0 Å². The summed E-state index contributed by atoms with van der Waals surface area (Å²) in [6, 6.07) is 1.67. The largest absolute Gasteiger partial charge is 0.0654 e. The van der Waals surface area contributed by atoms with Crippen molar-refractivity contribution in [2.45, 2.75) is 32.2 Å². The summed E-state index contributed by atoms with van der Waals surface area (Å²) in [5.41, 5.74) is 0. The summed E-state index contributed by atoms with van der Waals surface area (Å²) in [6.45, 7) is 2.29. The molecule has 0 saturated heterocycles. The van der Waals surface area contributed by atoms with Gasteiger partial charge in [0.25, 0.3) is 0 Å². The van der Waals surface area contributed by atoms with Crippen LogP contribution in [0.4, 0.5) is 0 Å². The number of hydrogen-bond donors (Lipinski definition) is 0. The summed E-state index contributed by atoms with van der Waals surface area (Å²) >= 11 is 0. The lowest BCUT2D eigenvalue weighted by atomic mass is 10.3. The minimum absolute atomic E-state index is 0.0757. The molecule has 0 radical (unpaired) electrons. The van der Waals surface area contributed by atoms with E-state index in [1.807, 2.05) is 0 Å². The molecule has 50 valence electrons. The molecule has 0 aromatic rings. The standard InChI is InChI=1S/C5H18Si3/c1-2-3-4-5-8(6)7/h8H,2-5H2,1,6-7H3. The van der Waals surface area contributed by atoms with E-state index in [2.05, 4.69) is 6.92 Å². The predicted octanol–water partition coefficient (Wildman–Crippen LogP) is -0.872. The molecule has 0 aromatic heterocycles. The van der Waals surface area contributed by atoms with Gasteiger partial charge in [0.15, 0.2) is 0 Å². The Bertz CT molecular complexity index is 44.9. The van der Waals surface area contributed by atoms with Gasteiger partial charge in [-0.15, -0.1) is 0 Å². The summed E-state index contributed by atoms with van der Waals surface area (Å²) in [5.74, 6) is 0. The van der Waals surface area contributed by atoms with Crippen LogP contribution in [0, 0.1) is 0 Å². The second-order valence-electron chi connectivity index (χ2n) is 2.89. The molecule has 0 atom stereocenters. The highest BCUT2D eigenvalue weighted by Crippen LogP contribution is 1.99. The zero-order valence-corrected chi connectivity index (χ0v) is 11.6. The van der Waals surface area contributed by atoms with E-state index in [4.69, 9.17) is 0 Å². The Kier molecular flexibility index (Phi) is 6.25. The molecule has 8 heavy (non-hydrogen) atoms. The van der Waals surface area contributed by atoms with Gasteiger partial charge < -0.3 is 0 Å². The minimum atomic E-state index is 0.0757. The Morgan fingerprint density at radius 3 is 2.25 bits per heavy atom. The predicted molar refractivity (Wildman–Crippen MR) is 51.4 cm³/mol. The van der Waals surface area contributed by atoms with Crippen molar-refractivity contribution < 1.29 is 0 Å². The van der Waals surface area contributed by atoms with Crippen LogP contribution < -0.4 is 0 Å². The van der Waals surface area contributed by atoms with Crippen molar-refractivity contribution in [3.05, 3.63) is 0 Å². The van der Waals surface area contributed by atoms with Gasteiger partial charge in [0, 0.05) is 7.83 Å².